The maximum Gasteiger partial charge on any atom is 0.349 e. The van der Waals surface area contributed by atoms with E-state index in [2.05, 4.69) is 61.8 Å². The molecule has 11 heteroatoms. The summed E-state index contributed by atoms with van der Waals surface area (Å²) in [4.78, 5) is 25.8. The van der Waals surface area contributed by atoms with E-state index in [-0.39, 0.29) is 21.8 Å². The number of imidazole rings is 1. The van der Waals surface area contributed by atoms with Gasteiger partial charge in [-0.2, -0.15) is 0 Å². The van der Waals surface area contributed by atoms with Gasteiger partial charge >= 0.3 is 8.56 Å². The third-order valence-electron chi connectivity index (χ3n) is 7.32. The van der Waals surface area contributed by atoms with Gasteiger partial charge in [0.1, 0.15) is 24.1 Å². The highest BCUT2D eigenvalue weighted by Crippen LogP contribution is 2.57. The first-order valence-electron chi connectivity index (χ1n) is 12.5. The number of aliphatic hydroxyl groups excluding tert-OH is 1. The van der Waals surface area contributed by atoms with Crippen molar-refractivity contribution >= 4 is 31.4 Å². The number of nitrogens with one attached hydrogen (secondary N) is 1. The molecule has 0 spiro atoms. The summed E-state index contributed by atoms with van der Waals surface area (Å²) >= 11 is 0. The molecule has 4 heterocycles. The number of fused-ring (bicyclic) bond motifs is 2. The molecule has 2 saturated heterocycles. The first kappa shape index (κ1) is 25.9. The second kappa shape index (κ2) is 8.67. The molecule has 0 bridgehead atoms. The van der Waals surface area contributed by atoms with E-state index < -0.39 is 32.6 Å². The molecule has 5 rings (SSSR count). The van der Waals surface area contributed by atoms with Crippen LogP contribution in [0.15, 0.2) is 43.0 Å². The van der Waals surface area contributed by atoms with Crippen molar-refractivity contribution in [3.8, 4) is 0 Å². The Balaban J connectivity index is 1.46. The van der Waals surface area contributed by atoms with Gasteiger partial charge in [-0.05, 0) is 19.1 Å². The van der Waals surface area contributed by atoms with E-state index in [0.717, 1.165) is 0 Å². The van der Waals surface area contributed by atoms with E-state index in [1.165, 1.54) is 6.33 Å². The summed E-state index contributed by atoms with van der Waals surface area (Å²) in [6.45, 7) is 15.0. The summed E-state index contributed by atoms with van der Waals surface area (Å²) in [6, 6.07) is 8.87. The predicted molar refractivity (Wildman–Crippen MR) is 140 cm³/mol. The van der Waals surface area contributed by atoms with E-state index in [1.807, 2.05) is 13.0 Å². The number of hydrogen-bond acceptors (Lipinski definition) is 8. The number of carbonyl (C=O) groups excluding carboxylic acids is 1. The molecule has 3 aromatic rings. The van der Waals surface area contributed by atoms with Gasteiger partial charge in [-0.25, -0.2) is 15.0 Å². The van der Waals surface area contributed by atoms with Crippen LogP contribution < -0.4 is 5.32 Å². The lowest BCUT2D eigenvalue weighted by Gasteiger charge is -2.55. The van der Waals surface area contributed by atoms with Gasteiger partial charge in [0.2, 0.25) is 0 Å². The number of amides is 1. The third kappa shape index (κ3) is 4.09. The Kier molecular flexibility index (Phi) is 6.07. The van der Waals surface area contributed by atoms with Gasteiger partial charge in [-0.15, -0.1) is 0 Å². The maximum absolute atomic E-state index is 12.7. The van der Waals surface area contributed by atoms with Crippen molar-refractivity contribution in [2.24, 2.45) is 0 Å². The number of carbonyl (C=O) groups is 1. The van der Waals surface area contributed by atoms with Crippen molar-refractivity contribution in [3.63, 3.8) is 0 Å². The van der Waals surface area contributed by atoms with E-state index in [9.17, 15) is 9.90 Å². The van der Waals surface area contributed by atoms with Crippen LogP contribution in [-0.4, -0.2) is 63.5 Å². The molecule has 2 aliphatic heterocycles. The molecule has 1 aromatic carbocycles. The lowest BCUT2D eigenvalue weighted by atomic mass is 9.98. The van der Waals surface area contributed by atoms with Crippen molar-refractivity contribution < 1.29 is 23.5 Å². The minimum Gasteiger partial charge on any atom is -0.390 e. The van der Waals surface area contributed by atoms with Crippen LogP contribution in [0.4, 0.5) is 5.82 Å². The molecular weight excluding hydrogens is 490 g/mol. The smallest absolute Gasteiger partial charge is 0.349 e. The average Bonchev–Trinajstić information content (AvgIpc) is 3.37. The fourth-order valence-electron chi connectivity index (χ4n) is 5.72. The lowest BCUT2D eigenvalue weighted by Crippen LogP contribution is -2.68. The quantitative estimate of drug-likeness (QED) is 0.489. The van der Waals surface area contributed by atoms with Crippen molar-refractivity contribution in [2.75, 3.05) is 11.9 Å². The highest BCUT2D eigenvalue weighted by molar-refractivity contribution is 6.73. The number of benzene rings is 1. The van der Waals surface area contributed by atoms with Gasteiger partial charge < -0.3 is 24.0 Å². The molecule has 0 aliphatic carbocycles. The summed E-state index contributed by atoms with van der Waals surface area (Å²) < 4.78 is 21.5. The van der Waals surface area contributed by atoms with E-state index in [4.69, 9.17) is 13.6 Å². The molecule has 1 amide bonds. The van der Waals surface area contributed by atoms with Crippen LogP contribution in [-0.2, 0) is 13.6 Å². The van der Waals surface area contributed by atoms with Crippen molar-refractivity contribution in [1.82, 2.24) is 19.5 Å². The van der Waals surface area contributed by atoms with Crippen LogP contribution in [0.25, 0.3) is 11.2 Å². The number of anilines is 1. The predicted octanol–water partition coefficient (Wildman–Crippen LogP) is 4.18. The van der Waals surface area contributed by atoms with Crippen LogP contribution in [0, 0.1) is 0 Å². The zero-order valence-electron chi connectivity index (χ0n) is 22.3. The summed E-state index contributed by atoms with van der Waals surface area (Å²) in [5.74, 6) is -0.0257. The zero-order chi connectivity index (χ0) is 26.8. The largest absolute Gasteiger partial charge is 0.390 e. The normalized spacial score (nSPS) is 27.7. The second-order valence-electron chi connectivity index (χ2n) is 12.1. The number of nitrogens with zero attached hydrogens (tertiary/aromatic N) is 4. The summed E-state index contributed by atoms with van der Waals surface area (Å²) in [7, 11) is -2.83. The number of ether oxygens (including phenoxy) is 1. The molecule has 37 heavy (non-hydrogen) atoms. The fourth-order valence-corrected chi connectivity index (χ4v) is 10.9. The Labute approximate surface area is 217 Å². The van der Waals surface area contributed by atoms with Gasteiger partial charge in [-0.1, -0.05) is 59.7 Å². The highest BCUT2D eigenvalue weighted by atomic mass is 28.4. The first-order chi connectivity index (χ1) is 17.3. The molecule has 0 radical (unpaired) electrons. The van der Waals surface area contributed by atoms with Crippen molar-refractivity contribution in [1.29, 1.82) is 0 Å². The summed E-state index contributed by atoms with van der Waals surface area (Å²) in [6.07, 6.45) is 0.521. The number of rotatable bonds is 3. The van der Waals surface area contributed by atoms with Crippen LogP contribution in [0.2, 0.25) is 10.1 Å². The van der Waals surface area contributed by atoms with Crippen LogP contribution >= 0.6 is 0 Å². The van der Waals surface area contributed by atoms with Crippen molar-refractivity contribution in [2.45, 2.75) is 82.6 Å². The molecule has 4 atom stereocenters. The summed E-state index contributed by atoms with van der Waals surface area (Å²) in [5.41, 5.74) is 0.474. The SMILES string of the molecule is CC(C)(C)[Si]1(C(C)(C)C)OC[C@@]2(C)O[C@@H](n3cnc4c(NC(=O)c5ccccc5)ncnc43)[C@@H](O)C2O1. The Morgan fingerprint density at radius 2 is 1.78 bits per heavy atom. The Bertz CT molecular complexity index is 1300. The van der Waals surface area contributed by atoms with Crippen LogP contribution in [0.1, 0.15) is 65.1 Å². The number of hydrogen-bond donors (Lipinski definition) is 2. The minimum atomic E-state index is -2.83. The highest BCUT2D eigenvalue weighted by Gasteiger charge is 2.68. The topological polar surface area (TPSA) is 121 Å². The molecule has 198 valence electrons. The Hall–Kier alpha value is -2.70. The molecule has 2 N–H and O–H groups in total. The minimum absolute atomic E-state index is 0.231. The Morgan fingerprint density at radius 1 is 1.11 bits per heavy atom. The first-order valence-corrected chi connectivity index (χ1v) is 14.3. The number of aliphatic hydroxyl groups is 1. The van der Waals surface area contributed by atoms with Crippen LogP contribution in [0.3, 0.4) is 0 Å². The average molecular weight is 526 g/mol. The molecule has 2 fully saturated rings. The standard InChI is InChI=1S/C26H35N5O5Si/c1-24(2,3)37(25(4,5)6)34-13-26(7)19(36-37)18(32)23(35-26)31-15-29-17-20(27-14-28-21(17)31)30-22(33)16-11-9-8-10-12-16/h8-12,14-15,18-19,23,32H,13H2,1-7H3,(H,27,28,30,33)/t18-,19?,23+,26+/m0/s1. The second-order valence-corrected chi connectivity index (χ2v) is 16.9. The van der Waals surface area contributed by atoms with E-state index in [1.54, 1.807) is 35.2 Å². The molecule has 2 aromatic heterocycles. The molecule has 0 saturated carbocycles. The van der Waals surface area contributed by atoms with Gasteiger partial charge in [0.05, 0.1) is 12.9 Å². The zero-order valence-corrected chi connectivity index (χ0v) is 23.3. The summed E-state index contributed by atoms with van der Waals surface area (Å²) in [5, 5.41) is 13.9. The fraction of sp³-hybridized carbons (Fsp3) is 0.538. The molecule has 1 unspecified atom stereocenters. The molecular formula is C26H35N5O5Si. The third-order valence-corrected chi connectivity index (χ3v) is 12.4. The lowest BCUT2D eigenvalue weighted by molar-refractivity contribution is -0.144. The maximum atomic E-state index is 12.7. The van der Waals surface area contributed by atoms with E-state index in [0.29, 0.717) is 23.3 Å². The van der Waals surface area contributed by atoms with Gasteiger partial charge in [0.15, 0.2) is 23.2 Å². The van der Waals surface area contributed by atoms with Gasteiger partial charge in [0, 0.05) is 15.6 Å². The van der Waals surface area contributed by atoms with Crippen molar-refractivity contribution in [3.05, 3.63) is 48.5 Å². The van der Waals surface area contributed by atoms with Gasteiger partial charge in [0.25, 0.3) is 5.91 Å². The van der Waals surface area contributed by atoms with Crippen LogP contribution in [0.5, 0.6) is 0 Å². The molecule has 10 nitrogen and oxygen atoms in total. The van der Waals surface area contributed by atoms with Gasteiger partial charge in [-0.3, -0.25) is 9.36 Å². The monoisotopic (exact) mass is 525 g/mol. The van der Waals surface area contributed by atoms with E-state index >= 15 is 0 Å². The Morgan fingerprint density at radius 3 is 2.43 bits per heavy atom. The molecule has 2 aliphatic rings. The number of aromatic nitrogens is 4.